The molecule has 5 heteroatoms. The largest absolute Gasteiger partial charge is 0.419 e. The highest BCUT2D eigenvalue weighted by Crippen LogP contribution is 2.23. The SMILES string of the molecule is N#Cc1nc(-c2ccc(F)cc2)oc1N. The van der Waals surface area contributed by atoms with Crippen LogP contribution in [0.4, 0.5) is 10.3 Å². The van der Waals surface area contributed by atoms with Gasteiger partial charge in [0.25, 0.3) is 0 Å². The Kier molecular flexibility index (Phi) is 2.10. The predicted octanol–water partition coefficient (Wildman–Crippen LogP) is 1.93. The number of nitrogens with two attached hydrogens (primary N) is 1. The first-order valence-corrected chi connectivity index (χ1v) is 4.13. The molecule has 1 aromatic heterocycles. The fraction of sp³-hybridized carbons (Fsp3) is 0. The van der Waals surface area contributed by atoms with Crippen LogP contribution in [-0.2, 0) is 0 Å². The van der Waals surface area contributed by atoms with E-state index in [0.717, 1.165) is 0 Å². The lowest BCUT2D eigenvalue weighted by Gasteiger charge is -1.93. The summed E-state index contributed by atoms with van der Waals surface area (Å²) in [5.41, 5.74) is 6.00. The van der Waals surface area contributed by atoms with Crippen LogP contribution in [0, 0.1) is 17.1 Å². The van der Waals surface area contributed by atoms with Gasteiger partial charge in [-0.3, -0.25) is 0 Å². The predicted molar refractivity (Wildman–Crippen MR) is 51.0 cm³/mol. The van der Waals surface area contributed by atoms with E-state index < -0.39 is 0 Å². The third kappa shape index (κ3) is 1.65. The lowest BCUT2D eigenvalue weighted by molar-refractivity contribution is 0.592. The molecule has 0 aliphatic heterocycles. The van der Waals surface area contributed by atoms with Crippen molar-refractivity contribution in [1.82, 2.24) is 4.98 Å². The second-order valence-corrected chi connectivity index (χ2v) is 2.85. The zero-order chi connectivity index (χ0) is 10.8. The molecule has 0 amide bonds. The monoisotopic (exact) mass is 203 g/mol. The first-order valence-electron chi connectivity index (χ1n) is 4.13. The van der Waals surface area contributed by atoms with Crippen molar-refractivity contribution in [2.45, 2.75) is 0 Å². The molecule has 15 heavy (non-hydrogen) atoms. The molecule has 1 aromatic carbocycles. The van der Waals surface area contributed by atoms with Crippen LogP contribution in [-0.4, -0.2) is 4.98 Å². The highest BCUT2D eigenvalue weighted by molar-refractivity contribution is 5.57. The Morgan fingerprint density at radius 2 is 2.00 bits per heavy atom. The number of hydrogen-bond donors (Lipinski definition) is 1. The third-order valence-electron chi connectivity index (χ3n) is 1.85. The second-order valence-electron chi connectivity index (χ2n) is 2.85. The second kappa shape index (κ2) is 3.42. The van der Waals surface area contributed by atoms with Crippen molar-refractivity contribution in [2.75, 3.05) is 5.73 Å². The zero-order valence-electron chi connectivity index (χ0n) is 7.57. The number of rotatable bonds is 1. The molecule has 0 fully saturated rings. The van der Waals surface area contributed by atoms with Crippen LogP contribution >= 0.6 is 0 Å². The standard InChI is InChI=1S/C10H6FN3O/c11-7-3-1-6(2-4-7)10-14-8(5-12)9(13)15-10/h1-4H,13H2. The van der Waals surface area contributed by atoms with E-state index in [4.69, 9.17) is 15.4 Å². The molecular formula is C10H6FN3O. The smallest absolute Gasteiger partial charge is 0.230 e. The number of aromatic nitrogens is 1. The number of oxazole rings is 1. The first-order chi connectivity index (χ1) is 7.20. The summed E-state index contributed by atoms with van der Waals surface area (Å²) in [7, 11) is 0. The molecule has 2 N–H and O–H groups in total. The fourth-order valence-corrected chi connectivity index (χ4v) is 1.13. The Bertz CT molecular complexity index is 525. The van der Waals surface area contributed by atoms with Gasteiger partial charge in [0.2, 0.25) is 17.5 Å². The van der Waals surface area contributed by atoms with Gasteiger partial charge in [-0.15, -0.1) is 0 Å². The molecule has 2 aromatic rings. The average molecular weight is 203 g/mol. The number of nitrogen functional groups attached to an aromatic ring is 1. The highest BCUT2D eigenvalue weighted by Gasteiger charge is 2.11. The molecule has 0 aliphatic carbocycles. The van der Waals surface area contributed by atoms with Crippen LogP contribution in [0.2, 0.25) is 0 Å². The van der Waals surface area contributed by atoms with Crippen LogP contribution < -0.4 is 5.73 Å². The van der Waals surface area contributed by atoms with Gasteiger partial charge in [0.05, 0.1) is 0 Å². The molecule has 0 saturated carbocycles. The van der Waals surface area contributed by atoms with Gasteiger partial charge < -0.3 is 10.2 Å². The molecule has 4 nitrogen and oxygen atoms in total. The summed E-state index contributed by atoms with van der Waals surface area (Å²) in [6.07, 6.45) is 0. The lowest BCUT2D eigenvalue weighted by atomic mass is 10.2. The number of hydrogen-bond acceptors (Lipinski definition) is 4. The van der Waals surface area contributed by atoms with Gasteiger partial charge in [-0.05, 0) is 24.3 Å². The molecule has 0 spiro atoms. The maximum absolute atomic E-state index is 12.6. The molecule has 1 heterocycles. The molecule has 0 aliphatic rings. The molecule has 2 rings (SSSR count). The number of nitriles is 1. The molecule has 0 saturated heterocycles. The fourth-order valence-electron chi connectivity index (χ4n) is 1.13. The summed E-state index contributed by atoms with van der Waals surface area (Å²) in [5, 5.41) is 8.61. The zero-order valence-corrected chi connectivity index (χ0v) is 7.57. The Morgan fingerprint density at radius 3 is 2.53 bits per heavy atom. The Hall–Kier alpha value is -2.35. The Labute approximate surface area is 84.8 Å². The van der Waals surface area contributed by atoms with Crippen molar-refractivity contribution in [1.29, 1.82) is 5.26 Å². The molecule has 74 valence electrons. The molecular weight excluding hydrogens is 197 g/mol. The van der Waals surface area contributed by atoms with E-state index in [1.807, 2.05) is 0 Å². The topological polar surface area (TPSA) is 75.8 Å². The summed E-state index contributed by atoms with van der Waals surface area (Å²) < 4.78 is 17.7. The van der Waals surface area contributed by atoms with E-state index in [9.17, 15) is 4.39 Å². The van der Waals surface area contributed by atoms with Crippen LogP contribution in [0.1, 0.15) is 5.69 Å². The quantitative estimate of drug-likeness (QED) is 0.768. The van der Waals surface area contributed by atoms with E-state index in [2.05, 4.69) is 4.98 Å². The first kappa shape index (κ1) is 9.21. The van der Waals surface area contributed by atoms with E-state index in [-0.39, 0.29) is 23.3 Å². The van der Waals surface area contributed by atoms with Crippen molar-refractivity contribution in [3.63, 3.8) is 0 Å². The van der Waals surface area contributed by atoms with E-state index in [0.29, 0.717) is 5.56 Å². The molecule has 0 bridgehead atoms. The number of benzene rings is 1. The highest BCUT2D eigenvalue weighted by atomic mass is 19.1. The van der Waals surface area contributed by atoms with Crippen LogP contribution in [0.5, 0.6) is 0 Å². The van der Waals surface area contributed by atoms with Crippen molar-refractivity contribution >= 4 is 5.88 Å². The van der Waals surface area contributed by atoms with Gasteiger partial charge in [-0.2, -0.15) is 10.2 Å². The minimum absolute atomic E-state index is 0.0307. The van der Waals surface area contributed by atoms with Crippen LogP contribution in [0.25, 0.3) is 11.5 Å². The maximum Gasteiger partial charge on any atom is 0.230 e. The van der Waals surface area contributed by atoms with Gasteiger partial charge in [-0.1, -0.05) is 0 Å². The van der Waals surface area contributed by atoms with Gasteiger partial charge in [-0.25, -0.2) is 4.39 Å². The summed E-state index contributed by atoms with van der Waals surface area (Å²) in [4.78, 5) is 3.85. The average Bonchev–Trinajstić information content (AvgIpc) is 2.61. The minimum Gasteiger partial charge on any atom is -0.419 e. The molecule has 0 radical (unpaired) electrons. The normalized spacial score (nSPS) is 9.87. The van der Waals surface area contributed by atoms with Crippen LogP contribution in [0.15, 0.2) is 28.7 Å². The Balaban J connectivity index is 2.46. The summed E-state index contributed by atoms with van der Waals surface area (Å²) >= 11 is 0. The van der Waals surface area contributed by atoms with Crippen LogP contribution in [0.3, 0.4) is 0 Å². The third-order valence-corrected chi connectivity index (χ3v) is 1.85. The summed E-state index contributed by atoms with van der Waals surface area (Å²) in [5.74, 6) is -0.167. The van der Waals surface area contributed by atoms with Gasteiger partial charge in [0.15, 0.2) is 0 Å². The van der Waals surface area contributed by atoms with Crippen molar-refractivity contribution in [3.8, 4) is 17.5 Å². The van der Waals surface area contributed by atoms with Gasteiger partial charge in [0, 0.05) is 5.56 Å². The number of nitrogens with zero attached hydrogens (tertiary/aromatic N) is 2. The van der Waals surface area contributed by atoms with E-state index >= 15 is 0 Å². The van der Waals surface area contributed by atoms with Gasteiger partial charge in [0.1, 0.15) is 11.9 Å². The van der Waals surface area contributed by atoms with Crippen molar-refractivity contribution in [2.24, 2.45) is 0 Å². The number of halogens is 1. The Morgan fingerprint density at radius 1 is 1.33 bits per heavy atom. The van der Waals surface area contributed by atoms with Crippen molar-refractivity contribution in [3.05, 3.63) is 35.8 Å². The number of anilines is 1. The van der Waals surface area contributed by atoms with E-state index in [1.165, 1.54) is 24.3 Å². The van der Waals surface area contributed by atoms with E-state index in [1.54, 1.807) is 6.07 Å². The lowest BCUT2D eigenvalue weighted by Crippen LogP contribution is -1.84. The van der Waals surface area contributed by atoms with Crippen molar-refractivity contribution < 1.29 is 8.81 Å². The molecule has 0 unspecified atom stereocenters. The van der Waals surface area contributed by atoms with Gasteiger partial charge >= 0.3 is 0 Å². The summed E-state index contributed by atoms with van der Waals surface area (Å²) in [6, 6.07) is 7.36. The maximum atomic E-state index is 12.6. The summed E-state index contributed by atoms with van der Waals surface area (Å²) in [6.45, 7) is 0. The molecule has 0 atom stereocenters. The minimum atomic E-state index is -0.348.